The van der Waals surface area contributed by atoms with Crippen LogP contribution in [0.3, 0.4) is 0 Å². The summed E-state index contributed by atoms with van der Waals surface area (Å²) in [6.45, 7) is 1.49. The minimum atomic E-state index is -1.02. The SMILES string of the molecule is C#CC(NC(=O)CN)C(CC)C(=O)O. The summed E-state index contributed by atoms with van der Waals surface area (Å²) in [5.41, 5.74) is 5.06. The Labute approximate surface area is 82.7 Å². The number of carbonyl (C=O) groups is 2. The predicted octanol–water partition coefficient (Wildman–Crippen LogP) is -0.826. The maximum absolute atomic E-state index is 10.9. The molecule has 0 aromatic carbocycles. The summed E-state index contributed by atoms with van der Waals surface area (Å²) in [5, 5.41) is 11.2. The van der Waals surface area contributed by atoms with Gasteiger partial charge in [-0.05, 0) is 6.42 Å². The average molecular weight is 198 g/mol. The van der Waals surface area contributed by atoms with Crippen molar-refractivity contribution in [3.8, 4) is 12.3 Å². The van der Waals surface area contributed by atoms with Gasteiger partial charge in [-0.3, -0.25) is 9.59 Å². The van der Waals surface area contributed by atoms with Crippen molar-refractivity contribution in [2.45, 2.75) is 19.4 Å². The van der Waals surface area contributed by atoms with Crippen LogP contribution in [-0.2, 0) is 9.59 Å². The fourth-order valence-electron chi connectivity index (χ4n) is 1.04. The van der Waals surface area contributed by atoms with Gasteiger partial charge in [0.1, 0.15) is 6.04 Å². The highest BCUT2D eigenvalue weighted by Gasteiger charge is 2.25. The van der Waals surface area contributed by atoms with Gasteiger partial charge < -0.3 is 16.2 Å². The molecule has 5 heteroatoms. The Hall–Kier alpha value is -1.54. The molecule has 0 aliphatic heterocycles. The van der Waals surface area contributed by atoms with E-state index in [2.05, 4.69) is 11.2 Å². The van der Waals surface area contributed by atoms with E-state index < -0.39 is 23.8 Å². The minimum Gasteiger partial charge on any atom is -0.481 e. The largest absolute Gasteiger partial charge is 0.481 e. The molecular weight excluding hydrogens is 184 g/mol. The third-order valence-electron chi connectivity index (χ3n) is 1.84. The third kappa shape index (κ3) is 3.46. The first-order valence-corrected chi connectivity index (χ1v) is 4.25. The summed E-state index contributed by atoms with van der Waals surface area (Å²) in [6, 6.07) is -0.798. The van der Waals surface area contributed by atoms with E-state index in [0.29, 0.717) is 6.42 Å². The summed E-state index contributed by atoms with van der Waals surface area (Å²) in [5.74, 6) is -0.00859. The Bertz CT molecular complexity index is 257. The van der Waals surface area contributed by atoms with Crippen molar-refractivity contribution in [3.05, 3.63) is 0 Å². The topological polar surface area (TPSA) is 92.4 Å². The number of aliphatic carboxylic acids is 1. The van der Waals surface area contributed by atoms with Gasteiger partial charge in [-0.1, -0.05) is 12.8 Å². The molecule has 0 saturated heterocycles. The minimum absolute atomic E-state index is 0.200. The number of hydrogen-bond donors (Lipinski definition) is 3. The normalized spacial score (nSPS) is 13.8. The molecule has 0 aliphatic carbocycles. The van der Waals surface area contributed by atoms with Crippen LogP contribution in [0.15, 0.2) is 0 Å². The van der Waals surface area contributed by atoms with Crippen molar-refractivity contribution in [3.63, 3.8) is 0 Å². The number of carboxylic acid groups (broad SMARTS) is 1. The van der Waals surface area contributed by atoms with Crippen molar-refractivity contribution < 1.29 is 14.7 Å². The second kappa shape index (κ2) is 6.00. The lowest BCUT2D eigenvalue weighted by molar-refractivity contribution is -0.142. The molecule has 0 rings (SSSR count). The van der Waals surface area contributed by atoms with Crippen LogP contribution in [0.1, 0.15) is 13.3 Å². The predicted molar refractivity (Wildman–Crippen MR) is 51.2 cm³/mol. The monoisotopic (exact) mass is 198 g/mol. The second-order valence-electron chi connectivity index (χ2n) is 2.77. The van der Waals surface area contributed by atoms with Crippen molar-refractivity contribution in [1.82, 2.24) is 5.32 Å². The molecule has 78 valence electrons. The van der Waals surface area contributed by atoms with Gasteiger partial charge in [0.15, 0.2) is 0 Å². The number of amides is 1. The molecule has 1 amide bonds. The molecule has 0 bridgehead atoms. The Morgan fingerprint density at radius 3 is 2.50 bits per heavy atom. The lowest BCUT2D eigenvalue weighted by Gasteiger charge is -2.18. The quantitative estimate of drug-likeness (QED) is 0.503. The Morgan fingerprint density at radius 1 is 1.64 bits per heavy atom. The van der Waals surface area contributed by atoms with E-state index in [4.69, 9.17) is 17.3 Å². The number of nitrogens with one attached hydrogen (secondary N) is 1. The molecule has 2 atom stereocenters. The Morgan fingerprint density at radius 2 is 2.21 bits per heavy atom. The summed E-state index contributed by atoms with van der Waals surface area (Å²) >= 11 is 0. The molecule has 14 heavy (non-hydrogen) atoms. The summed E-state index contributed by atoms with van der Waals surface area (Å²) in [7, 11) is 0. The first-order chi connectivity index (χ1) is 6.56. The van der Waals surface area contributed by atoms with E-state index in [0.717, 1.165) is 0 Å². The highest BCUT2D eigenvalue weighted by Crippen LogP contribution is 2.08. The van der Waals surface area contributed by atoms with Crippen LogP contribution in [0.25, 0.3) is 0 Å². The molecule has 2 unspecified atom stereocenters. The Balaban J connectivity index is 4.46. The van der Waals surface area contributed by atoms with Crippen LogP contribution in [0, 0.1) is 18.3 Å². The Kier molecular flexibility index (Phi) is 5.34. The van der Waals surface area contributed by atoms with Crippen LogP contribution in [0.4, 0.5) is 0 Å². The maximum Gasteiger partial charge on any atom is 0.309 e. The van der Waals surface area contributed by atoms with Crippen LogP contribution >= 0.6 is 0 Å². The second-order valence-corrected chi connectivity index (χ2v) is 2.77. The number of terminal acetylenes is 1. The number of carboxylic acids is 1. The smallest absolute Gasteiger partial charge is 0.309 e. The summed E-state index contributed by atoms with van der Waals surface area (Å²) in [6.07, 6.45) is 5.48. The zero-order valence-electron chi connectivity index (χ0n) is 7.99. The van der Waals surface area contributed by atoms with Gasteiger partial charge in [-0.25, -0.2) is 0 Å². The molecule has 0 aliphatic rings. The number of rotatable bonds is 5. The first kappa shape index (κ1) is 12.5. The fourth-order valence-corrected chi connectivity index (χ4v) is 1.04. The number of hydrogen-bond acceptors (Lipinski definition) is 3. The molecule has 0 spiro atoms. The zero-order valence-corrected chi connectivity index (χ0v) is 7.99. The van der Waals surface area contributed by atoms with Crippen molar-refractivity contribution >= 4 is 11.9 Å². The van der Waals surface area contributed by atoms with Crippen LogP contribution in [-0.4, -0.2) is 29.6 Å². The van der Waals surface area contributed by atoms with Gasteiger partial charge in [-0.15, -0.1) is 6.42 Å². The van der Waals surface area contributed by atoms with E-state index >= 15 is 0 Å². The standard InChI is InChI=1S/C9H14N2O3/c1-3-6(9(13)14)7(4-2)11-8(12)5-10/h2,6-7H,3,5,10H2,1H3,(H,11,12)(H,13,14). The molecule has 4 N–H and O–H groups in total. The van der Waals surface area contributed by atoms with Gasteiger partial charge in [0.05, 0.1) is 12.5 Å². The van der Waals surface area contributed by atoms with E-state index in [1.807, 2.05) is 0 Å². The van der Waals surface area contributed by atoms with Gasteiger partial charge in [0, 0.05) is 0 Å². The van der Waals surface area contributed by atoms with Gasteiger partial charge in [-0.2, -0.15) is 0 Å². The molecule has 0 fully saturated rings. The maximum atomic E-state index is 10.9. The third-order valence-corrected chi connectivity index (χ3v) is 1.84. The van der Waals surface area contributed by atoms with E-state index in [1.54, 1.807) is 6.92 Å². The van der Waals surface area contributed by atoms with Crippen molar-refractivity contribution in [1.29, 1.82) is 0 Å². The molecule has 0 aromatic rings. The lowest BCUT2D eigenvalue weighted by atomic mass is 9.97. The van der Waals surface area contributed by atoms with Crippen LogP contribution in [0.2, 0.25) is 0 Å². The number of carbonyl (C=O) groups excluding carboxylic acids is 1. The van der Waals surface area contributed by atoms with Gasteiger partial charge in [0.25, 0.3) is 0 Å². The average Bonchev–Trinajstić information content (AvgIpc) is 2.16. The van der Waals surface area contributed by atoms with Gasteiger partial charge in [0.2, 0.25) is 5.91 Å². The molecule has 5 nitrogen and oxygen atoms in total. The molecular formula is C9H14N2O3. The molecule has 0 radical (unpaired) electrons. The summed E-state index contributed by atoms with van der Waals surface area (Å²) in [4.78, 5) is 21.6. The van der Waals surface area contributed by atoms with E-state index in [-0.39, 0.29) is 6.54 Å². The van der Waals surface area contributed by atoms with Crippen LogP contribution < -0.4 is 11.1 Å². The molecule has 0 saturated carbocycles. The lowest BCUT2D eigenvalue weighted by Crippen LogP contribution is -2.44. The van der Waals surface area contributed by atoms with E-state index in [9.17, 15) is 9.59 Å². The van der Waals surface area contributed by atoms with Crippen molar-refractivity contribution in [2.75, 3.05) is 6.54 Å². The number of nitrogens with two attached hydrogens (primary N) is 1. The van der Waals surface area contributed by atoms with Crippen molar-refractivity contribution in [2.24, 2.45) is 11.7 Å². The highest BCUT2D eigenvalue weighted by atomic mass is 16.4. The van der Waals surface area contributed by atoms with Gasteiger partial charge >= 0.3 is 5.97 Å². The highest BCUT2D eigenvalue weighted by molar-refractivity contribution is 5.80. The van der Waals surface area contributed by atoms with Crippen LogP contribution in [0.5, 0.6) is 0 Å². The molecule has 0 aromatic heterocycles. The fraction of sp³-hybridized carbons (Fsp3) is 0.556. The summed E-state index contributed by atoms with van der Waals surface area (Å²) < 4.78 is 0. The zero-order chi connectivity index (χ0) is 11.1. The van der Waals surface area contributed by atoms with E-state index in [1.165, 1.54) is 0 Å². The molecule has 0 heterocycles. The first-order valence-electron chi connectivity index (χ1n) is 4.25.